The molecule has 0 spiro atoms. The van der Waals surface area contributed by atoms with Gasteiger partial charge in [0.2, 0.25) is 17.7 Å². The van der Waals surface area contributed by atoms with Gasteiger partial charge >= 0.3 is 11.9 Å². The number of carboxylic acid groups (broad SMARTS) is 2. The fraction of sp³-hybridized carbons (Fsp3) is 0.370. The average Bonchev–Trinajstić information content (AvgIpc) is 3.39. The van der Waals surface area contributed by atoms with Gasteiger partial charge in [0.1, 0.15) is 23.9 Å². The van der Waals surface area contributed by atoms with Crippen molar-refractivity contribution >= 4 is 29.7 Å². The maximum Gasteiger partial charge on any atom is 0.326 e. The number of carbonyl (C=O) groups excluding carboxylic acids is 3. The molecule has 1 fully saturated rings. The summed E-state index contributed by atoms with van der Waals surface area (Å²) in [6.07, 6.45) is 0.141. The molecular formula is C27H32N4O8. The molecule has 0 radical (unpaired) electrons. The summed E-state index contributed by atoms with van der Waals surface area (Å²) >= 11 is 0. The third-order valence-electron chi connectivity index (χ3n) is 6.46. The van der Waals surface area contributed by atoms with Gasteiger partial charge in [0, 0.05) is 13.0 Å². The number of phenolic OH excluding ortho intramolecular Hbond substituents is 1. The summed E-state index contributed by atoms with van der Waals surface area (Å²) < 4.78 is 0. The molecule has 4 atom stereocenters. The fourth-order valence-corrected chi connectivity index (χ4v) is 4.46. The Bertz CT molecular complexity index is 1190. The summed E-state index contributed by atoms with van der Waals surface area (Å²) in [7, 11) is 0. The highest BCUT2D eigenvalue weighted by Crippen LogP contribution is 2.20. The molecular weight excluding hydrogens is 508 g/mol. The van der Waals surface area contributed by atoms with Crippen LogP contribution in [0, 0.1) is 0 Å². The van der Waals surface area contributed by atoms with Crippen LogP contribution in [0.2, 0.25) is 0 Å². The number of aromatic hydroxyl groups is 1. The molecule has 1 saturated heterocycles. The number of nitrogens with zero attached hydrogens (tertiary/aromatic N) is 1. The van der Waals surface area contributed by atoms with E-state index in [4.69, 9.17) is 5.73 Å². The van der Waals surface area contributed by atoms with E-state index in [1.165, 1.54) is 17.0 Å². The molecule has 4 unspecified atom stereocenters. The standard InChI is InChI=1S/C27H32N4O8/c28-19(13-17-8-10-18(32)11-9-17)26(37)31-12-4-7-22(31)25(36)29-20(15-23(33)34)24(35)30-21(27(38)39)14-16-5-2-1-3-6-16/h1-3,5-6,8-11,19-22,32H,4,7,12-15,28H2,(H,29,36)(H,30,35)(H,33,34)(H,38,39). The number of amides is 3. The van der Waals surface area contributed by atoms with E-state index in [1.807, 2.05) is 0 Å². The Morgan fingerprint density at radius 3 is 2.15 bits per heavy atom. The first-order chi connectivity index (χ1) is 18.5. The fourth-order valence-electron chi connectivity index (χ4n) is 4.46. The second-order valence-electron chi connectivity index (χ2n) is 9.41. The smallest absolute Gasteiger partial charge is 0.326 e. The molecule has 7 N–H and O–H groups in total. The summed E-state index contributed by atoms with van der Waals surface area (Å²) in [4.78, 5) is 63.6. The number of rotatable bonds is 12. The minimum Gasteiger partial charge on any atom is -0.508 e. The summed E-state index contributed by atoms with van der Waals surface area (Å²) in [5, 5.41) is 33.0. The number of benzene rings is 2. The highest BCUT2D eigenvalue weighted by molar-refractivity contribution is 5.96. The van der Waals surface area contributed by atoms with Crippen LogP contribution < -0.4 is 16.4 Å². The topological polar surface area (TPSA) is 199 Å². The third kappa shape index (κ3) is 8.27. The molecule has 0 saturated carbocycles. The summed E-state index contributed by atoms with van der Waals surface area (Å²) in [5.74, 6) is -4.79. The van der Waals surface area contributed by atoms with Gasteiger partial charge < -0.3 is 36.6 Å². The van der Waals surface area contributed by atoms with Crippen molar-refractivity contribution in [2.24, 2.45) is 5.73 Å². The van der Waals surface area contributed by atoms with Gasteiger partial charge in [-0.3, -0.25) is 19.2 Å². The zero-order chi connectivity index (χ0) is 28.5. The molecule has 1 aliphatic rings. The van der Waals surface area contributed by atoms with Crippen molar-refractivity contribution in [3.63, 3.8) is 0 Å². The van der Waals surface area contributed by atoms with Crippen LogP contribution >= 0.6 is 0 Å². The molecule has 2 aromatic carbocycles. The Morgan fingerprint density at radius 2 is 1.54 bits per heavy atom. The quantitative estimate of drug-likeness (QED) is 0.215. The summed E-state index contributed by atoms with van der Waals surface area (Å²) in [6.45, 7) is 0.258. The second kappa shape index (κ2) is 13.4. The Morgan fingerprint density at radius 1 is 0.897 bits per heavy atom. The van der Waals surface area contributed by atoms with Crippen molar-refractivity contribution < 1.29 is 39.3 Å². The van der Waals surface area contributed by atoms with E-state index in [1.54, 1.807) is 42.5 Å². The van der Waals surface area contributed by atoms with E-state index in [0.29, 0.717) is 12.0 Å². The van der Waals surface area contributed by atoms with Crippen molar-refractivity contribution in [1.29, 1.82) is 0 Å². The number of carbonyl (C=O) groups is 5. The Hall–Kier alpha value is -4.45. The summed E-state index contributed by atoms with van der Waals surface area (Å²) in [5.41, 5.74) is 7.47. The molecule has 3 rings (SSSR count). The SMILES string of the molecule is NC(Cc1ccc(O)cc1)C(=O)N1CCCC1C(=O)NC(CC(=O)O)C(=O)NC(Cc1ccccc1)C(=O)O. The van der Waals surface area contributed by atoms with Gasteiger partial charge in [-0.25, -0.2) is 4.79 Å². The predicted octanol–water partition coefficient (Wildman–Crippen LogP) is 0.0246. The predicted molar refractivity (Wildman–Crippen MR) is 138 cm³/mol. The van der Waals surface area contributed by atoms with Crippen LogP contribution in [0.25, 0.3) is 0 Å². The highest BCUT2D eigenvalue weighted by atomic mass is 16.4. The molecule has 0 bridgehead atoms. The van der Waals surface area contributed by atoms with E-state index in [0.717, 1.165) is 5.56 Å². The van der Waals surface area contributed by atoms with E-state index in [-0.39, 0.29) is 31.6 Å². The lowest BCUT2D eigenvalue weighted by atomic mass is 10.0. The number of hydrogen-bond donors (Lipinski definition) is 6. The van der Waals surface area contributed by atoms with Crippen LogP contribution in [0.4, 0.5) is 0 Å². The number of carboxylic acids is 2. The van der Waals surface area contributed by atoms with Gasteiger partial charge in [-0.05, 0) is 42.5 Å². The zero-order valence-electron chi connectivity index (χ0n) is 21.2. The van der Waals surface area contributed by atoms with Gasteiger partial charge in [0.15, 0.2) is 0 Å². The first-order valence-electron chi connectivity index (χ1n) is 12.5. The van der Waals surface area contributed by atoms with Crippen molar-refractivity contribution in [2.45, 2.75) is 56.3 Å². The molecule has 39 heavy (non-hydrogen) atoms. The normalized spacial score (nSPS) is 17.1. The zero-order valence-corrected chi connectivity index (χ0v) is 21.2. The molecule has 1 aliphatic heterocycles. The van der Waals surface area contributed by atoms with E-state index in [2.05, 4.69) is 10.6 Å². The number of nitrogens with one attached hydrogen (secondary N) is 2. The monoisotopic (exact) mass is 540 g/mol. The van der Waals surface area contributed by atoms with Gasteiger partial charge in [-0.2, -0.15) is 0 Å². The van der Waals surface area contributed by atoms with Gasteiger partial charge in [0.25, 0.3) is 0 Å². The molecule has 0 aliphatic carbocycles. The van der Waals surface area contributed by atoms with Crippen LogP contribution in [-0.2, 0) is 36.8 Å². The van der Waals surface area contributed by atoms with Gasteiger partial charge in [-0.1, -0.05) is 42.5 Å². The number of aliphatic carboxylic acids is 2. The van der Waals surface area contributed by atoms with Crippen molar-refractivity contribution in [1.82, 2.24) is 15.5 Å². The maximum atomic E-state index is 13.1. The first-order valence-corrected chi connectivity index (χ1v) is 12.5. The van der Waals surface area contributed by atoms with E-state index in [9.17, 15) is 39.3 Å². The van der Waals surface area contributed by atoms with E-state index < -0.39 is 60.2 Å². The maximum absolute atomic E-state index is 13.1. The van der Waals surface area contributed by atoms with Gasteiger partial charge in [-0.15, -0.1) is 0 Å². The lowest BCUT2D eigenvalue weighted by molar-refractivity contribution is -0.144. The molecule has 208 valence electrons. The van der Waals surface area contributed by atoms with Crippen LogP contribution in [0.3, 0.4) is 0 Å². The second-order valence-corrected chi connectivity index (χ2v) is 9.41. The third-order valence-corrected chi connectivity index (χ3v) is 6.46. The molecule has 1 heterocycles. The van der Waals surface area contributed by atoms with Crippen molar-refractivity contribution in [2.75, 3.05) is 6.54 Å². The number of hydrogen-bond acceptors (Lipinski definition) is 7. The molecule has 12 nitrogen and oxygen atoms in total. The largest absolute Gasteiger partial charge is 0.508 e. The number of nitrogens with two attached hydrogens (primary N) is 1. The molecule has 0 aromatic heterocycles. The minimum absolute atomic E-state index is 0.0422. The lowest BCUT2D eigenvalue weighted by Crippen LogP contribution is -2.57. The van der Waals surface area contributed by atoms with Crippen LogP contribution in [0.15, 0.2) is 54.6 Å². The van der Waals surface area contributed by atoms with Crippen LogP contribution in [-0.4, -0.2) is 80.6 Å². The first kappa shape index (κ1) is 29.1. The van der Waals surface area contributed by atoms with Crippen LogP contribution in [0.1, 0.15) is 30.4 Å². The van der Waals surface area contributed by atoms with Crippen LogP contribution in [0.5, 0.6) is 5.75 Å². The Kier molecular flexibility index (Phi) is 9.98. The van der Waals surface area contributed by atoms with Gasteiger partial charge in [0.05, 0.1) is 12.5 Å². The minimum atomic E-state index is -1.56. The average molecular weight is 541 g/mol. The number of phenols is 1. The molecule has 12 heteroatoms. The van der Waals surface area contributed by atoms with Crippen molar-refractivity contribution in [3.8, 4) is 5.75 Å². The highest BCUT2D eigenvalue weighted by Gasteiger charge is 2.38. The Balaban J connectivity index is 1.67. The van der Waals surface area contributed by atoms with E-state index >= 15 is 0 Å². The molecule has 3 amide bonds. The summed E-state index contributed by atoms with van der Waals surface area (Å²) in [6, 6.07) is 9.95. The van der Waals surface area contributed by atoms with Crippen molar-refractivity contribution in [3.05, 3.63) is 65.7 Å². The number of likely N-dealkylation sites (tertiary alicyclic amines) is 1. The Labute approximate surface area is 224 Å². The lowest BCUT2D eigenvalue weighted by Gasteiger charge is -2.28. The molecule has 2 aromatic rings.